The van der Waals surface area contributed by atoms with Gasteiger partial charge >= 0.3 is 0 Å². The minimum Gasteiger partial charge on any atom is -0.470 e. The van der Waals surface area contributed by atoms with Gasteiger partial charge in [0.05, 0.1) is 11.2 Å². The van der Waals surface area contributed by atoms with Gasteiger partial charge in [0, 0.05) is 38.1 Å². The molecule has 0 bridgehead atoms. The maximum atomic E-state index is 12.6. The zero-order valence-electron chi connectivity index (χ0n) is 14.9. The number of halogens is 1. The maximum Gasteiger partial charge on any atom is 0.274 e. The number of ether oxygens (including phenoxy) is 1. The van der Waals surface area contributed by atoms with Crippen LogP contribution in [0.3, 0.4) is 0 Å². The Morgan fingerprint density at radius 1 is 1.31 bits per heavy atom. The quantitative estimate of drug-likeness (QED) is 0.666. The van der Waals surface area contributed by atoms with E-state index in [1.165, 1.54) is 0 Å². The molecule has 0 aliphatic carbocycles. The van der Waals surface area contributed by atoms with Crippen molar-refractivity contribution in [2.24, 2.45) is 7.05 Å². The molecule has 0 saturated carbocycles. The molecule has 0 aliphatic heterocycles. The number of amides is 1. The number of aryl methyl sites for hydroxylation is 1. The minimum atomic E-state index is -0.162. The third-order valence-corrected chi connectivity index (χ3v) is 4.45. The standard InChI is InChI=1S/C18H20ClN5O2/c1-13-14(10-20-23(13)3)11-22(2)18(25)16-8-9-24(21-16)12-26-17-7-5-4-6-15(17)19/h4-10H,11-12H2,1-3H3. The second-order valence-corrected chi connectivity index (χ2v) is 6.39. The largest absolute Gasteiger partial charge is 0.470 e. The molecule has 3 rings (SSSR count). The fraction of sp³-hybridized carbons (Fsp3) is 0.278. The summed E-state index contributed by atoms with van der Waals surface area (Å²) in [6.45, 7) is 2.62. The van der Waals surface area contributed by atoms with E-state index in [2.05, 4.69) is 10.2 Å². The second kappa shape index (κ2) is 7.61. The van der Waals surface area contributed by atoms with Crippen LogP contribution in [0.2, 0.25) is 5.02 Å². The summed E-state index contributed by atoms with van der Waals surface area (Å²) in [6.07, 6.45) is 3.47. The van der Waals surface area contributed by atoms with Crippen molar-refractivity contribution in [1.29, 1.82) is 0 Å². The van der Waals surface area contributed by atoms with Gasteiger partial charge in [-0.25, -0.2) is 4.68 Å². The van der Waals surface area contributed by atoms with Gasteiger partial charge in [0.15, 0.2) is 12.4 Å². The van der Waals surface area contributed by atoms with Crippen molar-refractivity contribution in [3.8, 4) is 5.75 Å². The van der Waals surface area contributed by atoms with E-state index in [4.69, 9.17) is 16.3 Å². The highest BCUT2D eigenvalue weighted by Crippen LogP contribution is 2.23. The van der Waals surface area contributed by atoms with E-state index in [1.54, 1.807) is 51.9 Å². The van der Waals surface area contributed by atoms with Gasteiger partial charge in [-0.3, -0.25) is 9.48 Å². The van der Waals surface area contributed by atoms with Crippen LogP contribution in [0.15, 0.2) is 42.7 Å². The van der Waals surface area contributed by atoms with Crippen LogP contribution < -0.4 is 4.74 Å². The summed E-state index contributed by atoms with van der Waals surface area (Å²) in [6, 6.07) is 8.88. The molecule has 136 valence electrons. The Labute approximate surface area is 156 Å². The molecular weight excluding hydrogens is 354 g/mol. The first-order chi connectivity index (χ1) is 12.5. The fourth-order valence-electron chi connectivity index (χ4n) is 2.47. The number of hydrogen-bond donors (Lipinski definition) is 0. The Bertz CT molecular complexity index is 918. The van der Waals surface area contributed by atoms with Gasteiger partial charge in [0.1, 0.15) is 5.75 Å². The number of nitrogens with zero attached hydrogens (tertiary/aromatic N) is 5. The number of carbonyl (C=O) groups is 1. The third-order valence-electron chi connectivity index (χ3n) is 4.14. The summed E-state index contributed by atoms with van der Waals surface area (Å²) in [5.74, 6) is 0.409. The van der Waals surface area contributed by atoms with Crippen molar-refractivity contribution >= 4 is 17.5 Å². The van der Waals surface area contributed by atoms with E-state index < -0.39 is 0 Å². The van der Waals surface area contributed by atoms with Crippen LogP contribution in [0.4, 0.5) is 0 Å². The minimum absolute atomic E-state index is 0.162. The van der Waals surface area contributed by atoms with E-state index in [-0.39, 0.29) is 12.6 Å². The maximum absolute atomic E-state index is 12.6. The molecule has 0 N–H and O–H groups in total. The highest BCUT2D eigenvalue weighted by Gasteiger charge is 2.17. The molecule has 0 aliphatic rings. The smallest absolute Gasteiger partial charge is 0.274 e. The molecule has 1 aromatic carbocycles. The van der Waals surface area contributed by atoms with Crippen LogP contribution in [-0.4, -0.2) is 37.4 Å². The Morgan fingerprint density at radius 2 is 2.08 bits per heavy atom. The highest BCUT2D eigenvalue weighted by molar-refractivity contribution is 6.32. The molecule has 7 nitrogen and oxygen atoms in total. The first-order valence-corrected chi connectivity index (χ1v) is 8.47. The molecule has 0 unspecified atom stereocenters. The van der Waals surface area contributed by atoms with Gasteiger partial charge < -0.3 is 9.64 Å². The molecule has 0 radical (unpaired) electrons. The van der Waals surface area contributed by atoms with E-state index in [0.717, 1.165) is 11.3 Å². The molecule has 3 aromatic rings. The van der Waals surface area contributed by atoms with Crippen molar-refractivity contribution in [1.82, 2.24) is 24.5 Å². The van der Waals surface area contributed by atoms with Crippen LogP contribution in [0.5, 0.6) is 5.75 Å². The SMILES string of the molecule is Cc1c(CN(C)C(=O)c2ccn(COc3ccccc3Cl)n2)cnn1C. The van der Waals surface area contributed by atoms with Crippen molar-refractivity contribution in [2.45, 2.75) is 20.2 Å². The Morgan fingerprint density at radius 3 is 2.77 bits per heavy atom. The highest BCUT2D eigenvalue weighted by atomic mass is 35.5. The zero-order valence-corrected chi connectivity index (χ0v) is 15.6. The predicted octanol–water partition coefficient (Wildman–Crippen LogP) is 2.89. The van der Waals surface area contributed by atoms with Crippen LogP contribution >= 0.6 is 11.6 Å². The number of rotatable bonds is 6. The zero-order chi connectivity index (χ0) is 18.7. The summed E-state index contributed by atoms with van der Waals surface area (Å²) < 4.78 is 8.96. The van der Waals surface area contributed by atoms with Gasteiger partial charge in [-0.15, -0.1) is 0 Å². The topological polar surface area (TPSA) is 65.2 Å². The van der Waals surface area contributed by atoms with Crippen molar-refractivity contribution in [3.05, 3.63) is 64.7 Å². The number of carbonyl (C=O) groups excluding carboxylic acids is 1. The Hall–Kier alpha value is -2.80. The summed E-state index contributed by atoms with van der Waals surface area (Å²) in [7, 11) is 3.62. The van der Waals surface area contributed by atoms with Gasteiger partial charge in [0.2, 0.25) is 0 Å². The summed E-state index contributed by atoms with van der Waals surface area (Å²) in [5.41, 5.74) is 2.39. The molecule has 2 aromatic heterocycles. The molecule has 0 fully saturated rings. The molecule has 2 heterocycles. The van der Waals surface area contributed by atoms with Gasteiger partial charge in [-0.1, -0.05) is 23.7 Å². The van der Waals surface area contributed by atoms with E-state index in [1.807, 2.05) is 26.1 Å². The number of para-hydroxylation sites is 1. The average Bonchev–Trinajstić information content (AvgIpc) is 3.22. The molecule has 8 heteroatoms. The third kappa shape index (κ3) is 3.88. The lowest BCUT2D eigenvalue weighted by atomic mass is 10.2. The summed E-state index contributed by atoms with van der Waals surface area (Å²) in [5, 5.41) is 9.01. The normalized spacial score (nSPS) is 10.8. The van der Waals surface area contributed by atoms with E-state index >= 15 is 0 Å². The first kappa shape index (κ1) is 18.0. The van der Waals surface area contributed by atoms with Gasteiger partial charge in [0.25, 0.3) is 5.91 Å². The van der Waals surface area contributed by atoms with E-state index in [0.29, 0.717) is 23.0 Å². The summed E-state index contributed by atoms with van der Waals surface area (Å²) >= 11 is 6.06. The van der Waals surface area contributed by atoms with Crippen LogP contribution in [-0.2, 0) is 20.3 Å². The molecule has 0 spiro atoms. The van der Waals surface area contributed by atoms with Crippen LogP contribution in [0.25, 0.3) is 0 Å². The van der Waals surface area contributed by atoms with Gasteiger partial charge in [-0.05, 0) is 25.1 Å². The number of aromatic nitrogens is 4. The monoisotopic (exact) mass is 373 g/mol. The van der Waals surface area contributed by atoms with Crippen molar-refractivity contribution in [3.63, 3.8) is 0 Å². The molecule has 0 atom stereocenters. The van der Waals surface area contributed by atoms with Crippen LogP contribution in [0.1, 0.15) is 21.7 Å². The van der Waals surface area contributed by atoms with Gasteiger partial charge in [-0.2, -0.15) is 10.2 Å². The molecule has 1 amide bonds. The lowest BCUT2D eigenvalue weighted by Crippen LogP contribution is -2.27. The Balaban J connectivity index is 1.62. The average molecular weight is 374 g/mol. The van der Waals surface area contributed by atoms with Crippen LogP contribution in [0, 0.1) is 6.92 Å². The number of benzene rings is 1. The van der Waals surface area contributed by atoms with Crippen molar-refractivity contribution in [2.75, 3.05) is 7.05 Å². The van der Waals surface area contributed by atoms with Crippen molar-refractivity contribution < 1.29 is 9.53 Å². The number of hydrogen-bond acceptors (Lipinski definition) is 4. The predicted molar refractivity (Wildman–Crippen MR) is 98.0 cm³/mol. The first-order valence-electron chi connectivity index (χ1n) is 8.09. The molecular formula is C18H20ClN5O2. The lowest BCUT2D eigenvalue weighted by molar-refractivity contribution is 0.0777. The molecule has 26 heavy (non-hydrogen) atoms. The van der Waals surface area contributed by atoms with E-state index in [9.17, 15) is 4.79 Å². The fourth-order valence-corrected chi connectivity index (χ4v) is 2.66. The summed E-state index contributed by atoms with van der Waals surface area (Å²) in [4.78, 5) is 14.2. The lowest BCUT2D eigenvalue weighted by Gasteiger charge is -2.15. The second-order valence-electron chi connectivity index (χ2n) is 5.98. The molecule has 0 saturated heterocycles. The Kier molecular flexibility index (Phi) is 5.27.